The number of fused-ring (bicyclic) bond motifs is 1. The van der Waals surface area contributed by atoms with Crippen LogP contribution < -0.4 is 0 Å². The van der Waals surface area contributed by atoms with Gasteiger partial charge in [-0.15, -0.1) is 0 Å². The highest BCUT2D eigenvalue weighted by molar-refractivity contribution is 6.01. The third kappa shape index (κ3) is 5.21. The lowest BCUT2D eigenvalue weighted by atomic mass is 9.85. The van der Waals surface area contributed by atoms with E-state index in [1.165, 1.54) is 77.5 Å². The van der Waals surface area contributed by atoms with Gasteiger partial charge in [-0.1, -0.05) is 182 Å². The summed E-state index contributed by atoms with van der Waals surface area (Å²) in [7, 11) is 0. The van der Waals surface area contributed by atoms with E-state index in [0.29, 0.717) is 0 Å². The molecule has 0 heterocycles. The smallest absolute Gasteiger partial charge is 0.00266 e. The lowest BCUT2D eigenvalue weighted by Crippen LogP contribution is -1.92. The van der Waals surface area contributed by atoms with Gasteiger partial charge < -0.3 is 0 Å². The van der Waals surface area contributed by atoms with Crippen molar-refractivity contribution in [3.8, 4) is 66.8 Å². The van der Waals surface area contributed by atoms with Crippen LogP contribution in [0.15, 0.2) is 194 Å². The van der Waals surface area contributed by atoms with E-state index in [0.717, 1.165) is 0 Å². The van der Waals surface area contributed by atoms with E-state index in [1.807, 2.05) is 0 Å². The van der Waals surface area contributed by atoms with E-state index >= 15 is 0 Å². The highest BCUT2D eigenvalue weighted by Crippen LogP contribution is 2.43. The van der Waals surface area contributed by atoms with Crippen molar-refractivity contribution in [2.24, 2.45) is 0 Å². The molecule has 0 nitrogen and oxygen atoms in total. The van der Waals surface area contributed by atoms with Gasteiger partial charge in [-0.3, -0.25) is 0 Å². The predicted octanol–water partition coefficient (Wildman–Crippen LogP) is 12.8. The summed E-state index contributed by atoms with van der Waals surface area (Å²) in [5.41, 5.74) is 14.7. The maximum atomic E-state index is 2.38. The van der Waals surface area contributed by atoms with Crippen molar-refractivity contribution in [3.63, 3.8) is 0 Å². The van der Waals surface area contributed by atoms with Gasteiger partial charge >= 0.3 is 0 Å². The van der Waals surface area contributed by atoms with Gasteiger partial charge in [0.25, 0.3) is 0 Å². The zero-order chi connectivity index (χ0) is 30.7. The molecule has 46 heavy (non-hydrogen) atoms. The van der Waals surface area contributed by atoms with Gasteiger partial charge in [0.1, 0.15) is 0 Å². The Kier molecular flexibility index (Phi) is 7.30. The Hall–Kier alpha value is -5.98. The molecule has 0 bridgehead atoms. The maximum absolute atomic E-state index is 2.38. The first-order valence-electron chi connectivity index (χ1n) is 15.9. The zero-order valence-electron chi connectivity index (χ0n) is 25.5. The van der Waals surface area contributed by atoms with Crippen molar-refractivity contribution in [3.05, 3.63) is 194 Å². The second-order valence-corrected chi connectivity index (χ2v) is 11.7. The molecule has 0 radical (unpaired) electrons. The van der Waals surface area contributed by atoms with Crippen LogP contribution in [0.3, 0.4) is 0 Å². The summed E-state index contributed by atoms with van der Waals surface area (Å²) in [5, 5.41) is 2.45. The fourth-order valence-corrected chi connectivity index (χ4v) is 6.72. The third-order valence-electron chi connectivity index (χ3n) is 8.89. The Morgan fingerprint density at radius 2 is 0.500 bits per heavy atom. The van der Waals surface area contributed by atoms with Crippen LogP contribution in [0.5, 0.6) is 0 Å². The number of benzene rings is 8. The van der Waals surface area contributed by atoms with Crippen LogP contribution in [0, 0.1) is 0 Å². The summed E-state index contributed by atoms with van der Waals surface area (Å²) in [6.45, 7) is 0. The average molecular weight is 585 g/mol. The first-order chi connectivity index (χ1) is 22.8. The highest BCUT2D eigenvalue weighted by Gasteiger charge is 2.17. The molecule has 0 N–H and O–H groups in total. The molecule has 0 saturated heterocycles. The van der Waals surface area contributed by atoms with Crippen molar-refractivity contribution in [1.29, 1.82) is 0 Å². The van der Waals surface area contributed by atoms with Crippen molar-refractivity contribution < 1.29 is 0 Å². The molecule has 8 aromatic rings. The molecule has 0 fully saturated rings. The maximum Gasteiger partial charge on any atom is -0.00266 e. The van der Waals surface area contributed by atoms with Crippen LogP contribution in [0.25, 0.3) is 77.5 Å². The largest absolute Gasteiger partial charge is 0.0622 e. The molecule has 0 heteroatoms. The minimum atomic E-state index is 1.21. The quantitative estimate of drug-likeness (QED) is 0.182. The van der Waals surface area contributed by atoms with Gasteiger partial charge in [0.15, 0.2) is 0 Å². The molecule has 0 saturated carbocycles. The van der Waals surface area contributed by atoms with Crippen LogP contribution in [-0.4, -0.2) is 0 Å². The Morgan fingerprint density at radius 3 is 0.804 bits per heavy atom. The van der Waals surface area contributed by atoms with Crippen LogP contribution in [-0.2, 0) is 0 Å². The first kappa shape index (κ1) is 27.6. The molecule has 0 aliphatic carbocycles. The van der Waals surface area contributed by atoms with Crippen LogP contribution in [0.2, 0.25) is 0 Å². The lowest BCUT2D eigenvalue weighted by Gasteiger charge is -2.18. The molecular formula is C46H32. The van der Waals surface area contributed by atoms with Gasteiger partial charge in [-0.25, -0.2) is 0 Å². The number of hydrogen-bond donors (Lipinski definition) is 0. The molecule has 0 amide bonds. The Labute approximate surface area is 270 Å². The Morgan fingerprint density at radius 1 is 0.196 bits per heavy atom. The molecule has 8 rings (SSSR count). The van der Waals surface area contributed by atoms with E-state index in [-0.39, 0.29) is 0 Å². The minimum Gasteiger partial charge on any atom is -0.0622 e. The van der Waals surface area contributed by atoms with Gasteiger partial charge in [0, 0.05) is 0 Å². The highest BCUT2D eigenvalue weighted by atomic mass is 14.2. The molecule has 0 unspecified atom stereocenters. The lowest BCUT2D eigenvalue weighted by molar-refractivity contribution is 1.56. The zero-order valence-corrected chi connectivity index (χ0v) is 25.5. The standard InChI is InChI=1S/C46H32/c1-5-15-34(16-6-1)41-23-13-24-42(35-17-7-2-8-18-35)45(41)38-29-27-33-28-30-39(32-40(33)31-38)46-43(36-19-9-3-10-20-36)25-14-26-44(46)37-21-11-4-12-22-37/h1-32H. The third-order valence-corrected chi connectivity index (χ3v) is 8.89. The van der Waals surface area contributed by atoms with E-state index in [4.69, 9.17) is 0 Å². The van der Waals surface area contributed by atoms with Gasteiger partial charge in [0.05, 0.1) is 0 Å². The summed E-state index contributed by atoms with van der Waals surface area (Å²) in [6, 6.07) is 70.2. The van der Waals surface area contributed by atoms with Crippen molar-refractivity contribution in [2.75, 3.05) is 0 Å². The van der Waals surface area contributed by atoms with Gasteiger partial charge in [0.2, 0.25) is 0 Å². The second-order valence-electron chi connectivity index (χ2n) is 11.7. The second kappa shape index (κ2) is 12.2. The summed E-state index contributed by atoms with van der Waals surface area (Å²) < 4.78 is 0. The van der Waals surface area contributed by atoms with E-state index < -0.39 is 0 Å². The van der Waals surface area contributed by atoms with E-state index in [2.05, 4.69) is 194 Å². The van der Waals surface area contributed by atoms with Crippen LogP contribution in [0.4, 0.5) is 0 Å². The summed E-state index contributed by atoms with van der Waals surface area (Å²) in [6.07, 6.45) is 0. The summed E-state index contributed by atoms with van der Waals surface area (Å²) in [4.78, 5) is 0. The predicted molar refractivity (Wildman–Crippen MR) is 197 cm³/mol. The van der Waals surface area contributed by atoms with Gasteiger partial charge in [-0.05, 0) is 89.7 Å². The Bertz CT molecular complexity index is 1990. The van der Waals surface area contributed by atoms with E-state index in [1.54, 1.807) is 0 Å². The number of hydrogen-bond acceptors (Lipinski definition) is 0. The van der Waals surface area contributed by atoms with Crippen LogP contribution in [0.1, 0.15) is 0 Å². The molecular weight excluding hydrogens is 553 g/mol. The number of rotatable bonds is 6. The Balaban J connectivity index is 1.36. The van der Waals surface area contributed by atoms with Gasteiger partial charge in [-0.2, -0.15) is 0 Å². The van der Waals surface area contributed by atoms with Crippen molar-refractivity contribution in [1.82, 2.24) is 0 Å². The summed E-state index contributed by atoms with van der Waals surface area (Å²) in [5.74, 6) is 0. The first-order valence-corrected chi connectivity index (χ1v) is 15.9. The molecule has 0 atom stereocenters. The van der Waals surface area contributed by atoms with Crippen molar-refractivity contribution in [2.45, 2.75) is 0 Å². The van der Waals surface area contributed by atoms with Crippen molar-refractivity contribution >= 4 is 10.8 Å². The molecule has 0 aliphatic rings. The molecule has 216 valence electrons. The monoisotopic (exact) mass is 584 g/mol. The average Bonchev–Trinajstić information content (AvgIpc) is 3.15. The fourth-order valence-electron chi connectivity index (χ4n) is 6.72. The molecule has 0 aromatic heterocycles. The SMILES string of the molecule is c1ccc(-c2cccc(-c3ccccc3)c2-c2ccc3ccc(-c4c(-c5ccccc5)cccc4-c4ccccc4)cc3c2)cc1. The van der Waals surface area contributed by atoms with E-state index in [9.17, 15) is 0 Å². The van der Waals surface area contributed by atoms with Crippen LogP contribution >= 0.6 is 0 Å². The summed E-state index contributed by atoms with van der Waals surface area (Å²) >= 11 is 0. The molecule has 8 aromatic carbocycles. The molecule has 0 spiro atoms. The fraction of sp³-hybridized carbons (Fsp3) is 0. The normalized spacial score (nSPS) is 11.0. The molecule has 0 aliphatic heterocycles. The minimum absolute atomic E-state index is 1.21. The topological polar surface area (TPSA) is 0 Å².